The fourth-order valence-electron chi connectivity index (χ4n) is 4.13. The molecule has 0 spiro atoms. The number of halogens is 2. The Morgan fingerprint density at radius 1 is 1.11 bits per heavy atom. The van der Waals surface area contributed by atoms with Crippen molar-refractivity contribution in [3.63, 3.8) is 0 Å². The highest BCUT2D eigenvalue weighted by molar-refractivity contribution is 7.88. The normalized spacial score (nSPS) is 15.1. The minimum atomic E-state index is -3.58. The van der Waals surface area contributed by atoms with E-state index in [1.54, 1.807) is 25.3 Å². The molecular formula is C25H32Cl2N2O5S. The molecule has 0 unspecified atom stereocenters. The third-order valence-corrected chi connectivity index (χ3v) is 8.59. The summed E-state index contributed by atoms with van der Waals surface area (Å²) in [6.07, 6.45) is 2.55. The van der Waals surface area contributed by atoms with Crippen molar-refractivity contribution < 1.29 is 22.7 Å². The predicted molar refractivity (Wildman–Crippen MR) is 139 cm³/mol. The number of amides is 1. The first-order chi connectivity index (χ1) is 16.7. The van der Waals surface area contributed by atoms with Crippen molar-refractivity contribution in [2.24, 2.45) is 5.92 Å². The number of benzene rings is 2. The zero-order valence-electron chi connectivity index (χ0n) is 20.1. The third-order valence-electron chi connectivity index (χ3n) is 6.08. The van der Waals surface area contributed by atoms with Gasteiger partial charge in [0.15, 0.2) is 11.5 Å². The average molecular weight is 544 g/mol. The lowest BCUT2D eigenvalue weighted by atomic mass is 9.97. The summed E-state index contributed by atoms with van der Waals surface area (Å²) in [5.41, 5.74) is 1.51. The van der Waals surface area contributed by atoms with Gasteiger partial charge in [0.05, 0.1) is 19.5 Å². The maximum absolute atomic E-state index is 12.9. The molecule has 192 valence electrons. The number of sulfonamides is 1. The zero-order valence-corrected chi connectivity index (χ0v) is 22.4. The van der Waals surface area contributed by atoms with Gasteiger partial charge in [0, 0.05) is 41.2 Å². The van der Waals surface area contributed by atoms with Crippen LogP contribution in [0.5, 0.6) is 11.5 Å². The van der Waals surface area contributed by atoms with Gasteiger partial charge in [-0.3, -0.25) is 4.79 Å². The van der Waals surface area contributed by atoms with E-state index in [-0.39, 0.29) is 17.6 Å². The van der Waals surface area contributed by atoms with Crippen molar-refractivity contribution in [1.82, 2.24) is 9.62 Å². The molecule has 0 atom stereocenters. The molecule has 35 heavy (non-hydrogen) atoms. The molecule has 0 bridgehead atoms. The van der Waals surface area contributed by atoms with Gasteiger partial charge in [0.25, 0.3) is 0 Å². The minimum Gasteiger partial charge on any atom is -0.493 e. The topological polar surface area (TPSA) is 84.9 Å². The van der Waals surface area contributed by atoms with Crippen LogP contribution in [0.3, 0.4) is 0 Å². The van der Waals surface area contributed by atoms with Crippen LogP contribution >= 0.6 is 23.2 Å². The molecule has 1 fully saturated rings. The molecule has 1 N–H and O–H groups in total. The molecule has 7 nitrogen and oxygen atoms in total. The third kappa shape index (κ3) is 7.49. The number of rotatable bonds is 11. The van der Waals surface area contributed by atoms with E-state index in [1.807, 2.05) is 25.1 Å². The maximum atomic E-state index is 12.9. The first kappa shape index (κ1) is 27.6. The van der Waals surface area contributed by atoms with E-state index >= 15 is 0 Å². The van der Waals surface area contributed by atoms with Crippen LogP contribution in [0.15, 0.2) is 36.4 Å². The SMILES string of the molecule is CCOc1ccc(CCCNC(=O)C2CCN(S(=O)(=O)Cc3c(Cl)cccc3Cl)CC2)cc1OC. The monoisotopic (exact) mass is 542 g/mol. The number of nitrogens with one attached hydrogen (secondary N) is 1. The maximum Gasteiger partial charge on any atom is 0.223 e. The summed E-state index contributed by atoms with van der Waals surface area (Å²) in [4.78, 5) is 12.6. The van der Waals surface area contributed by atoms with Crippen LogP contribution in [0, 0.1) is 5.92 Å². The minimum absolute atomic E-state index is 0.0273. The van der Waals surface area contributed by atoms with Gasteiger partial charge in [-0.1, -0.05) is 35.3 Å². The van der Waals surface area contributed by atoms with Crippen molar-refractivity contribution >= 4 is 39.1 Å². The largest absolute Gasteiger partial charge is 0.493 e. The van der Waals surface area contributed by atoms with Gasteiger partial charge in [-0.15, -0.1) is 0 Å². The van der Waals surface area contributed by atoms with Gasteiger partial charge >= 0.3 is 0 Å². The summed E-state index contributed by atoms with van der Waals surface area (Å²) in [6.45, 7) is 3.65. The van der Waals surface area contributed by atoms with Crippen LogP contribution < -0.4 is 14.8 Å². The number of methoxy groups -OCH3 is 1. The fourth-order valence-corrected chi connectivity index (χ4v) is 6.45. The van der Waals surface area contributed by atoms with Crippen LogP contribution in [0.2, 0.25) is 10.0 Å². The number of carbonyl (C=O) groups is 1. The second-order valence-electron chi connectivity index (χ2n) is 8.44. The van der Waals surface area contributed by atoms with Crippen LogP contribution in [-0.4, -0.2) is 52.0 Å². The van der Waals surface area contributed by atoms with Crippen LogP contribution in [0.4, 0.5) is 0 Å². The van der Waals surface area contributed by atoms with Crippen LogP contribution in [0.25, 0.3) is 0 Å². The van der Waals surface area contributed by atoms with Crippen molar-refractivity contribution in [3.05, 3.63) is 57.6 Å². The molecule has 10 heteroatoms. The van der Waals surface area contributed by atoms with Crippen LogP contribution in [-0.2, 0) is 27.0 Å². The molecule has 0 aromatic heterocycles. The van der Waals surface area contributed by atoms with Gasteiger partial charge in [-0.25, -0.2) is 12.7 Å². The first-order valence-electron chi connectivity index (χ1n) is 11.7. The Hall–Kier alpha value is -2.00. The van der Waals surface area contributed by atoms with Gasteiger partial charge in [-0.05, 0) is 62.4 Å². The Morgan fingerprint density at radius 3 is 2.43 bits per heavy atom. The van der Waals surface area contributed by atoms with E-state index in [9.17, 15) is 13.2 Å². The van der Waals surface area contributed by atoms with Crippen molar-refractivity contribution in [3.8, 4) is 11.5 Å². The Kier molecular flexibility index (Phi) is 10.1. The lowest BCUT2D eigenvalue weighted by Gasteiger charge is -2.30. The molecule has 1 heterocycles. The van der Waals surface area contributed by atoms with Crippen molar-refractivity contribution in [1.29, 1.82) is 0 Å². The molecular weight excluding hydrogens is 511 g/mol. The molecule has 1 aliphatic heterocycles. The molecule has 1 amide bonds. The molecule has 1 saturated heterocycles. The molecule has 1 aliphatic rings. The lowest BCUT2D eigenvalue weighted by Crippen LogP contribution is -2.43. The highest BCUT2D eigenvalue weighted by Gasteiger charge is 2.31. The summed E-state index contributed by atoms with van der Waals surface area (Å²) in [7, 11) is -1.97. The number of hydrogen-bond donors (Lipinski definition) is 1. The Morgan fingerprint density at radius 2 is 1.80 bits per heavy atom. The number of piperidine rings is 1. The van der Waals surface area contributed by atoms with E-state index in [0.29, 0.717) is 60.4 Å². The quantitative estimate of drug-likeness (QED) is 0.416. The smallest absolute Gasteiger partial charge is 0.223 e. The average Bonchev–Trinajstić information content (AvgIpc) is 2.85. The second kappa shape index (κ2) is 12.8. The molecule has 2 aromatic rings. The number of carbonyl (C=O) groups excluding carboxylic acids is 1. The van der Waals surface area contributed by atoms with Crippen molar-refractivity contribution in [2.75, 3.05) is 33.4 Å². The summed E-state index contributed by atoms with van der Waals surface area (Å²) < 4.78 is 38.1. The fraction of sp³-hybridized carbons (Fsp3) is 0.480. The molecule has 0 saturated carbocycles. The number of aryl methyl sites for hydroxylation is 1. The summed E-state index contributed by atoms with van der Waals surface area (Å²) in [5, 5.41) is 3.66. The summed E-state index contributed by atoms with van der Waals surface area (Å²) in [5.74, 6) is 0.942. The Labute approximate surface area is 217 Å². The van der Waals surface area contributed by atoms with E-state index in [1.165, 1.54) is 4.31 Å². The Balaban J connectivity index is 1.43. The van der Waals surface area contributed by atoms with Gasteiger partial charge in [0.2, 0.25) is 15.9 Å². The molecule has 0 aliphatic carbocycles. The van der Waals surface area contributed by atoms with E-state index < -0.39 is 10.0 Å². The zero-order chi connectivity index (χ0) is 25.4. The standard InChI is InChI=1S/C25H32Cl2N2O5S/c1-3-34-23-10-9-18(16-24(23)33-2)6-5-13-28-25(30)19-11-14-29(15-12-19)35(31,32)17-20-21(26)7-4-8-22(20)27/h4,7-10,16,19H,3,5-6,11-15,17H2,1-2H3,(H,28,30). The summed E-state index contributed by atoms with van der Waals surface area (Å²) in [6, 6.07) is 10.8. The Bertz CT molecular complexity index is 1100. The highest BCUT2D eigenvalue weighted by atomic mass is 35.5. The first-order valence-corrected chi connectivity index (χ1v) is 14.1. The molecule has 0 radical (unpaired) electrons. The number of ether oxygens (including phenoxy) is 2. The highest BCUT2D eigenvalue weighted by Crippen LogP contribution is 2.30. The van der Waals surface area contributed by atoms with Gasteiger partial charge in [0.1, 0.15) is 0 Å². The molecule has 3 rings (SSSR count). The van der Waals surface area contributed by atoms with Gasteiger partial charge in [-0.2, -0.15) is 0 Å². The number of hydrogen-bond acceptors (Lipinski definition) is 5. The van der Waals surface area contributed by atoms with Gasteiger partial charge < -0.3 is 14.8 Å². The van der Waals surface area contributed by atoms with Crippen LogP contribution in [0.1, 0.15) is 37.3 Å². The van der Waals surface area contributed by atoms with E-state index in [4.69, 9.17) is 32.7 Å². The number of nitrogens with zero attached hydrogens (tertiary/aromatic N) is 1. The molecule has 2 aromatic carbocycles. The predicted octanol–water partition coefficient (Wildman–Crippen LogP) is 4.69. The van der Waals surface area contributed by atoms with E-state index in [0.717, 1.165) is 24.2 Å². The van der Waals surface area contributed by atoms with E-state index in [2.05, 4.69) is 5.32 Å². The van der Waals surface area contributed by atoms with Crippen molar-refractivity contribution in [2.45, 2.75) is 38.4 Å². The summed E-state index contributed by atoms with van der Waals surface area (Å²) >= 11 is 12.3. The second-order valence-corrected chi connectivity index (χ2v) is 11.2. The lowest BCUT2D eigenvalue weighted by molar-refractivity contribution is -0.126.